The summed E-state index contributed by atoms with van der Waals surface area (Å²) in [6, 6.07) is -4.60. The molecule has 33 heavy (non-hydrogen) atoms. The molecule has 0 saturated heterocycles. The molecule has 1 rings (SSSR count). The Kier molecular flexibility index (Phi) is 12.0. The molecule has 1 aromatic rings. The van der Waals surface area contributed by atoms with Gasteiger partial charge >= 0.3 is 5.97 Å². The van der Waals surface area contributed by atoms with Gasteiger partial charge in [-0.3, -0.25) is 14.4 Å². The number of rotatable bonds is 15. The summed E-state index contributed by atoms with van der Waals surface area (Å²) in [5.74, 6) is -3.80. The number of hydrogen-bond donors (Lipinski definition) is 8. The summed E-state index contributed by atoms with van der Waals surface area (Å²) >= 11 is 0. The number of nitrogens with zero attached hydrogens (tertiary/aromatic N) is 1. The highest BCUT2D eigenvalue weighted by Gasteiger charge is 2.31. The first kappa shape index (κ1) is 28.0. The largest absolute Gasteiger partial charge is 0.480 e. The van der Waals surface area contributed by atoms with Gasteiger partial charge in [-0.1, -0.05) is 20.3 Å². The van der Waals surface area contributed by atoms with E-state index in [9.17, 15) is 29.4 Å². The van der Waals surface area contributed by atoms with E-state index in [2.05, 4.69) is 25.9 Å². The van der Waals surface area contributed by atoms with Gasteiger partial charge in [0, 0.05) is 18.3 Å². The summed E-state index contributed by atoms with van der Waals surface area (Å²) < 4.78 is 0. The molecular formula is C20H35N7O6. The van der Waals surface area contributed by atoms with Crippen molar-refractivity contribution in [2.24, 2.45) is 17.4 Å². The van der Waals surface area contributed by atoms with E-state index in [-0.39, 0.29) is 6.42 Å². The molecular weight excluding hydrogens is 434 g/mol. The van der Waals surface area contributed by atoms with E-state index in [1.807, 2.05) is 0 Å². The van der Waals surface area contributed by atoms with Gasteiger partial charge in [0.2, 0.25) is 17.7 Å². The van der Waals surface area contributed by atoms with Gasteiger partial charge in [0.25, 0.3) is 0 Å². The third kappa shape index (κ3) is 9.55. The van der Waals surface area contributed by atoms with Crippen molar-refractivity contribution in [1.82, 2.24) is 25.9 Å². The van der Waals surface area contributed by atoms with E-state index in [4.69, 9.17) is 11.5 Å². The lowest BCUT2D eigenvalue weighted by molar-refractivity contribution is -0.143. The van der Waals surface area contributed by atoms with Crippen LogP contribution < -0.4 is 27.4 Å². The predicted molar refractivity (Wildman–Crippen MR) is 119 cm³/mol. The number of aliphatic carboxylic acids is 1. The number of carbonyl (C=O) groups is 4. The van der Waals surface area contributed by atoms with Crippen molar-refractivity contribution in [1.29, 1.82) is 0 Å². The van der Waals surface area contributed by atoms with Gasteiger partial charge in [-0.15, -0.1) is 0 Å². The topological polar surface area (TPSA) is 226 Å². The monoisotopic (exact) mass is 469 g/mol. The van der Waals surface area contributed by atoms with Crippen LogP contribution in [-0.2, 0) is 25.6 Å². The number of nitrogens with two attached hydrogens (primary N) is 2. The molecule has 0 aliphatic rings. The normalized spacial score (nSPS) is 14.7. The summed E-state index contributed by atoms with van der Waals surface area (Å²) in [5.41, 5.74) is 11.7. The molecule has 3 amide bonds. The zero-order valence-corrected chi connectivity index (χ0v) is 18.9. The molecule has 0 aliphatic heterocycles. The Hall–Kier alpha value is -3.03. The number of aliphatic hydroxyl groups excluding tert-OH is 1. The van der Waals surface area contributed by atoms with E-state index in [1.165, 1.54) is 12.5 Å². The number of imidazole rings is 1. The van der Waals surface area contributed by atoms with E-state index in [1.54, 1.807) is 13.8 Å². The van der Waals surface area contributed by atoms with Crippen molar-refractivity contribution in [3.63, 3.8) is 0 Å². The number of aromatic nitrogens is 2. The van der Waals surface area contributed by atoms with Crippen LogP contribution in [0.25, 0.3) is 0 Å². The molecule has 0 fully saturated rings. The smallest absolute Gasteiger partial charge is 0.326 e. The minimum Gasteiger partial charge on any atom is -0.480 e. The molecule has 10 N–H and O–H groups in total. The fraction of sp³-hybridized carbons (Fsp3) is 0.650. The minimum absolute atomic E-state index is 0.0211. The highest BCUT2D eigenvalue weighted by atomic mass is 16.4. The highest BCUT2D eigenvalue weighted by molar-refractivity contribution is 5.94. The number of unbranched alkanes of at least 4 members (excludes halogenated alkanes) is 1. The molecule has 13 nitrogen and oxygen atoms in total. The number of nitrogens with one attached hydrogen (secondary N) is 4. The van der Waals surface area contributed by atoms with Crippen LogP contribution in [0.5, 0.6) is 0 Å². The lowest BCUT2D eigenvalue weighted by atomic mass is 10.0. The van der Waals surface area contributed by atoms with Gasteiger partial charge in [-0.2, -0.15) is 0 Å². The average Bonchev–Trinajstić information content (AvgIpc) is 3.27. The molecule has 0 bridgehead atoms. The molecule has 13 heteroatoms. The van der Waals surface area contributed by atoms with Crippen LogP contribution in [-0.4, -0.2) is 81.2 Å². The SMILES string of the molecule is CC(C)C(NC(=O)C(Cc1cnc[nH]1)NC(=O)C(CO)NC(=O)C(N)CCCCN)C(=O)O. The Morgan fingerprint density at radius 2 is 1.70 bits per heavy atom. The number of carboxylic acids is 1. The fourth-order valence-electron chi connectivity index (χ4n) is 2.98. The van der Waals surface area contributed by atoms with E-state index in [0.29, 0.717) is 31.5 Å². The van der Waals surface area contributed by atoms with Crippen LogP contribution in [0.15, 0.2) is 12.5 Å². The molecule has 0 aromatic carbocycles. The van der Waals surface area contributed by atoms with E-state index >= 15 is 0 Å². The Bertz CT molecular complexity index is 771. The quantitative estimate of drug-likeness (QED) is 0.128. The Morgan fingerprint density at radius 1 is 1.06 bits per heavy atom. The van der Waals surface area contributed by atoms with Gasteiger partial charge in [0.05, 0.1) is 19.0 Å². The van der Waals surface area contributed by atoms with Crippen LogP contribution in [0.1, 0.15) is 38.8 Å². The van der Waals surface area contributed by atoms with Crippen LogP contribution in [0, 0.1) is 5.92 Å². The van der Waals surface area contributed by atoms with Crippen LogP contribution >= 0.6 is 0 Å². The number of carbonyl (C=O) groups excluding carboxylic acids is 3. The first-order valence-electron chi connectivity index (χ1n) is 10.8. The van der Waals surface area contributed by atoms with E-state index in [0.717, 1.165) is 0 Å². The molecule has 1 aromatic heterocycles. The summed E-state index contributed by atoms with van der Waals surface area (Å²) in [4.78, 5) is 55.9. The molecule has 186 valence electrons. The van der Waals surface area contributed by atoms with Crippen molar-refractivity contribution in [2.45, 2.75) is 63.7 Å². The van der Waals surface area contributed by atoms with Crippen molar-refractivity contribution in [3.8, 4) is 0 Å². The lowest BCUT2D eigenvalue weighted by Crippen LogP contribution is -2.59. The van der Waals surface area contributed by atoms with Gasteiger partial charge in [0.15, 0.2) is 0 Å². The zero-order chi connectivity index (χ0) is 25.0. The second-order valence-electron chi connectivity index (χ2n) is 8.05. The fourth-order valence-corrected chi connectivity index (χ4v) is 2.98. The third-order valence-electron chi connectivity index (χ3n) is 4.96. The molecule has 0 saturated carbocycles. The maximum absolute atomic E-state index is 12.8. The maximum atomic E-state index is 12.8. The third-order valence-corrected chi connectivity index (χ3v) is 4.96. The number of hydrogen-bond acceptors (Lipinski definition) is 8. The summed E-state index contributed by atoms with van der Waals surface area (Å²) in [7, 11) is 0. The summed E-state index contributed by atoms with van der Waals surface area (Å²) in [6.45, 7) is 3.01. The Morgan fingerprint density at radius 3 is 2.21 bits per heavy atom. The number of aromatic amines is 1. The molecule has 0 radical (unpaired) electrons. The standard InChI is InChI=1S/C20H35N7O6/c1-11(2)16(20(32)33)27-18(30)14(7-12-8-23-10-24-12)25-19(31)15(9-28)26-17(29)13(22)5-3-4-6-21/h8,10-11,13-16,28H,3-7,9,21-22H2,1-2H3,(H,23,24)(H,25,31)(H,26,29)(H,27,30)(H,32,33). The van der Waals surface area contributed by atoms with Gasteiger partial charge in [-0.25, -0.2) is 9.78 Å². The molecule has 0 spiro atoms. The Balaban J connectivity index is 2.88. The Labute approximate surface area is 192 Å². The molecule has 4 unspecified atom stereocenters. The van der Waals surface area contributed by atoms with Crippen molar-refractivity contribution in [2.75, 3.05) is 13.2 Å². The number of H-pyrrole nitrogens is 1. The first-order chi connectivity index (χ1) is 15.6. The zero-order valence-electron chi connectivity index (χ0n) is 18.9. The maximum Gasteiger partial charge on any atom is 0.326 e. The molecule has 1 heterocycles. The molecule has 0 aliphatic carbocycles. The van der Waals surface area contributed by atoms with Gasteiger partial charge < -0.3 is 42.6 Å². The van der Waals surface area contributed by atoms with E-state index < -0.39 is 60.4 Å². The van der Waals surface area contributed by atoms with Crippen LogP contribution in [0.2, 0.25) is 0 Å². The second-order valence-corrected chi connectivity index (χ2v) is 8.05. The van der Waals surface area contributed by atoms with Crippen molar-refractivity contribution < 1.29 is 29.4 Å². The van der Waals surface area contributed by atoms with Crippen molar-refractivity contribution in [3.05, 3.63) is 18.2 Å². The van der Waals surface area contributed by atoms with Gasteiger partial charge in [-0.05, 0) is 25.3 Å². The lowest BCUT2D eigenvalue weighted by Gasteiger charge is -2.25. The minimum atomic E-state index is -1.35. The second kappa shape index (κ2) is 14.2. The highest BCUT2D eigenvalue weighted by Crippen LogP contribution is 2.05. The number of carboxylic acid groups (broad SMARTS) is 1. The van der Waals surface area contributed by atoms with Crippen LogP contribution in [0.4, 0.5) is 0 Å². The predicted octanol–water partition coefficient (Wildman–Crippen LogP) is -2.40. The number of amides is 3. The average molecular weight is 470 g/mol. The number of aliphatic hydroxyl groups is 1. The van der Waals surface area contributed by atoms with Gasteiger partial charge in [0.1, 0.15) is 18.1 Å². The summed E-state index contributed by atoms with van der Waals surface area (Å²) in [6.07, 6.45) is 4.52. The molecule has 4 atom stereocenters. The first-order valence-corrected chi connectivity index (χ1v) is 10.8. The van der Waals surface area contributed by atoms with Crippen LogP contribution in [0.3, 0.4) is 0 Å². The van der Waals surface area contributed by atoms with Crippen molar-refractivity contribution >= 4 is 23.7 Å². The summed E-state index contributed by atoms with van der Waals surface area (Å²) in [5, 5.41) is 26.2.